The van der Waals surface area contributed by atoms with Crippen LogP contribution in [0.1, 0.15) is 20.3 Å². The molecule has 0 aliphatic carbocycles. The van der Waals surface area contributed by atoms with Gasteiger partial charge in [0.25, 0.3) is 5.91 Å². The van der Waals surface area contributed by atoms with Gasteiger partial charge in [-0.2, -0.15) is 8.75 Å². The molecule has 4 amide bonds. The van der Waals surface area contributed by atoms with E-state index in [0.29, 0.717) is 23.1 Å². The zero-order valence-electron chi connectivity index (χ0n) is 12.6. The van der Waals surface area contributed by atoms with E-state index in [4.69, 9.17) is 0 Å². The molecule has 1 aromatic carbocycles. The van der Waals surface area contributed by atoms with Crippen LogP contribution >= 0.6 is 11.7 Å². The van der Waals surface area contributed by atoms with Crippen LogP contribution < -0.4 is 10.6 Å². The van der Waals surface area contributed by atoms with E-state index in [1.807, 2.05) is 0 Å². The van der Waals surface area contributed by atoms with E-state index in [1.165, 1.54) is 0 Å². The maximum Gasteiger partial charge on any atom is 0.325 e. The van der Waals surface area contributed by atoms with Crippen molar-refractivity contribution >= 4 is 46.3 Å². The predicted octanol–water partition coefficient (Wildman–Crippen LogP) is 1.35. The smallest absolute Gasteiger partial charge is 0.323 e. The van der Waals surface area contributed by atoms with Gasteiger partial charge in [-0.15, -0.1) is 0 Å². The Labute approximate surface area is 136 Å². The van der Waals surface area contributed by atoms with Gasteiger partial charge in [0.15, 0.2) is 0 Å². The molecule has 1 unspecified atom stereocenters. The molecule has 120 valence electrons. The lowest BCUT2D eigenvalue weighted by Gasteiger charge is -2.19. The minimum Gasteiger partial charge on any atom is -0.323 e. The number of aromatic nitrogens is 2. The van der Waals surface area contributed by atoms with Crippen molar-refractivity contribution in [3.8, 4) is 0 Å². The molecule has 2 aromatic rings. The van der Waals surface area contributed by atoms with Crippen LogP contribution in [-0.2, 0) is 9.59 Å². The molecule has 23 heavy (non-hydrogen) atoms. The fraction of sp³-hybridized carbons (Fsp3) is 0.357. The number of fused-ring (bicyclic) bond motifs is 1. The van der Waals surface area contributed by atoms with E-state index in [1.54, 1.807) is 32.0 Å². The normalized spacial score (nSPS) is 20.9. The summed E-state index contributed by atoms with van der Waals surface area (Å²) in [6, 6.07) is 4.69. The molecule has 1 fully saturated rings. The fourth-order valence-electron chi connectivity index (χ4n) is 2.37. The molecule has 2 N–H and O–H groups in total. The molecule has 1 atom stereocenters. The SMILES string of the molecule is CCC1(C)NC(=O)N(CC(=O)Nc2cccc3nsnc23)C1=O. The highest BCUT2D eigenvalue weighted by molar-refractivity contribution is 7.00. The highest BCUT2D eigenvalue weighted by atomic mass is 32.1. The molecule has 1 saturated heterocycles. The number of anilines is 1. The van der Waals surface area contributed by atoms with Crippen molar-refractivity contribution in [3.63, 3.8) is 0 Å². The second kappa shape index (κ2) is 5.58. The molecule has 2 heterocycles. The minimum atomic E-state index is -0.948. The van der Waals surface area contributed by atoms with Crippen LogP contribution in [0.5, 0.6) is 0 Å². The average Bonchev–Trinajstić information content (AvgIpc) is 3.08. The first-order chi connectivity index (χ1) is 10.9. The van der Waals surface area contributed by atoms with E-state index in [9.17, 15) is 14.4 Å². The number of hydrogen-bond acceptors (Lipinski definition) is 6. The fourth-order valence-corrected chi connectivity index (χ4v) is 2.92. The quantitative estimate of drug-likeness (QED) is 0.822. The summed E-state index contributed by atoms with van der Waals surface area (Å²) in [5.41, 5.74) is 0.824. The lowest BCUT2D eigenvalue weighted by atomic mass is 9.99. The van der Waals surface area contributed by atoms with Gasteiger partial charge in [0.05, 0.1) is 17.4 Å². The maximum atomic E-state index is 12.3. The van der Waals surface area contributed by atoms with E-state index in [-0.39, 0.29) is 6.54 Å². The third kappa shape index (κ3) is 2.63. The first-order valence-corrected chi connectivity index (χ1v) is 7.83. The van der Waals surface area contributed by atoms with Crippen molar-refractivity contribution in [3.05, 3.63) is 18.2 Å². The summed E-state index contributed by atoms with van der Waals surface area (Å²) in [6.45, 7) is 3.11. The zero-order valence-corrected chi connectivity index (χ0v) is 13.4. The Morgan fingerprint density at radius 2 is 2.17 bits per heavy atom. The van der Waals surface area contributed by atoms with E-state index in [0.717, 1.165) is 16.6 Å². The Morgan fingerprint density at radius 3 is 2.87 bits per heavy atom. The molecular weight excluding hydrogens is 318 g/mol. The molecular formula is C14H15N5O3S. The lowest BCUT2D eigenvalue weighted by molar-refractivity contribution is -0.133. The van der Waals surface area contributed by atoms with Crippen molar-refractivity contribution < 1.29 is 14.4 Å². The van der Waals surface area contributed by atoms with Gasteiger partial charge in [-0.05, 0) is 25.5 Å². The molecule has 1 aromatic heterocycles. The number of nitrogens with one attached hydrogen (secondary N) is 2. The molecule has 0 radical (unpaired) electrons. The highest BCUT2D eigenvalue weighted by Crippen LogP contribution is 2.23. The number of rotatable bonds is 4. The Balaban J connectivity index is 1.74. The van der Waals surface area contributed by atoms with Gasteiger partial charge >= 0.3 is 6.03 Å². The van der Waals surface area contributed by atoms with Crippen molar-refractivity contribution in [2.24, 2.45) is 0 Å². The van der Waals surface area contributed by atoms with Crippen molar-refractivity contribution in [2.75, 3.05) is 11.9 Å². The monoisotopic (exact) mass is 333 g/mol. The van der Waals surface area contributed by atoms with Gasteiger partial charge in [0, 0.05) is 0 Å². The summed E-state index contributed by atoms with van der Waals surface area (Å²) in [6.07, 6.45) is 0.458. The Hall–Kier alpha value is -2.55. The van der Waals surface area contributed by atoms with Gasteiger partial charge in [0.1, 0.15) is 23.1 Å². The Kier molecular flexibility index (Phi) is 3.72. The number of carbonyl (C=O) groups excluding carboxylic acids is 3. The van der Waals surface area contributed by atoms with Crippen LogP contribution in [0.2, 0.25) is 0 Å². The third-order valence-corrected chi connectivity index (χ3v) is 4.46. The molecule has 0 bridgehead atoms. The van der Waals surface area contributed by atoms with Crippen LogP contribution in [0, 0.1) is 0 Å². The first kappa shape index (κ1) is 15.3. The number of amides is 4. The number of benzene rings is 1. The molecule has 8 nitrogen and oxygen atoms in total. The average molecular weight is 333 g/mol. The van der Waals surface area contributed by atoms with Gasteiger partial charge in [-0.3, -0.25) is 14.5 Å². The van der Waals surface area contributed by atoms with Crippen LogP contribution in [0.15, 0.2) is 18.2 Å². The van der Waals surface area contributed by atoms with Gasteiger partial charge in [-0.1, -0.05) is 13.0 Å². The van der Waals surface area contributed by atoms with Crippen LogP contribution in [-0.4, -0.2) is 43.6 Å². The summed E-state index contributed by atoms with van der Waals surface area (Å²) in [5, 5.41) is 5.29. The Morgan fingerprint density at radius 1 is 1.39 bits per heavy atom. The summed E-state index contributed by atoms with van der Waals surface area (Å²) in [7, 11) is 0. The zero-order chi connectivity index (χ0) is 16.6. The van der Waals surface area contributed by atoms with E-state index in [2.05, 4.69) is 19.4 Å². The largest absolute Gasteiger partial charge is 0.325 e. The number of hydrogen-bond donors (Lipinski definition) is 2. The number of carbonyl (C=O) groups is 3. The standard InChI is InChI=1S/C14H15N5O3S/c1-3-14(2)12(21)19(13(22)16-14)7-10(20)15-8-5-4-6-9-11(8)18-23-17-9/h4-6H,3,7H2,1-2H3,(H,15,20)(H,16,22). The van der Waals surface area contributed by atoms with Gasteiger partial charge < -0.3 is 10.6 Å². The van der Waals surface area contributed by atoms with Crippen LogP contribution in [0.4, 0.5) is 10.5 Å². The second-order valence-corrected chi connectivity index (χ2v) is 6.02. The maximum absolute atomic E-state index is 12.3. The molecule has 0 spiro atoms. The minimum absolute atomic E-state index is 0.339. The first-order valence-electron chi connectivity index (χ1n) is 7.10. The van der Waals surface area contributed by atoms with Crippen molar-refractivity contribution in [1.82, 2.24) is 19.0 Å². The summed E-state index contributed by atoms with van der Waals surface area (Å²) in [5.74, 6) is -0.858. The third-order valence-electron chi connectivity index (χ3n) is 3.91. The number of imide groups is 1. The molecule has 3 rings (SSSR count). The lowest BCUT2D eigenvalue weighted by Crippen LogP contribution is -2.44. The topological polar surface area (TPSA) is 104 Å². The van der Waals surface area contributed by atoms with Crippen LogP contribution in [0.25, 0.3) is 11.0 Å². The summed E-state index contributed by atoms with van der Waals surface area (Å²) in [4.78, 5) is 37.3. The van der Waals surface area contributed by atoms with Crippen LogP contribution in [0.3, 0.4) is 0 Å². The molecule has 1 aliphatic heterocycles. The summed E-state index contributed by atoms with van der Waals surface area (Å²) < 4.78 is 8.22. The van der Waals surface area contributed by atoms with Crippen molar-refractivity contribution in [1.29, 1.82) is 0 Å². The Bertz CT molecular complexity index is 805. The summed E-state index contributed by atoms with van der Waals surface area (Å²) >= 11 is 1.05. The second-order valence-electron chi connectivity index (χ2n) is 5.49. The van der Waals surface area contributed by atoms with Gasteiger partial charge in [-0.25, -0.2) is 4.79 Å². The van der Waals surface area contributed by atoms with E-state index >= 15 is 0 Å². The molecule has 0 saturated carbocycles. The number of urea groups is 1. The van der Waals surface area contributed by atoms with Gasteiger partial charge in [0.2, 0.25) is 5.91 Å². The van der Waals surface area contributed by atoms with E-state index < -0.39 is 23.4 Å². The molecule has 1 aliphatic rings. The predicted molar refractivity (Wildman–Crippen MR) is 85.0 cm³/mol. The number of nitrogens with zero attached hydrogens (tertiary/aromatic N) is 3. The highest BCUT2D eigenvalue weighted by Gasteiger charge is 2.46. The molecule has 9 heteroatoms. The van der Waals surface area contributed by atoms with Crippen molar-refractivity contribution in [2.45, 2.75) is 25.8 Å².